The van der Waals surface area contributed by atoms with Crippen LogP contribution in [0.3, 0.4) is 0 Å². The Morgan fingerprint density at radius 1 is 0.974 bits per heavy atom. The van der Waals surface area contributed by atoms with E-state index in [1.54, 1.807) is 18.5 Å². The number of anilines is 1. The van der Waals surface area contributed by atoms with Gasteiger partial charge in [-0.15, -0.1) is 0 Å². The van der Waals surface area contributed by atoms with Gasteiger partial charge in [0.05, 0.1) is 28.8 Å². The van der Waals surface area contributed by atoms with Gasteiger partial charge in [-0.3, -0.25) is 14.9 Å². The summed E-state index contributed by atoms with van der Waals surface area (Å²) >= 11 is 0. The quantitative estimate of drug-likeness (QED) is 0.216. The molecule has 3 N–H and O–H groups in total. The van der Waals surface area contributed by atoms with Crippen molar-refractivity contribution in [2.75, 3.05) is 5.32 Å². The third kappa shape index (κ3) is 4.52. The molecule has 8 heteroatoms. The topological polar surface area (TPSA) is 99.4 Å². The number of amides is 1. The van der Waals surface area contributed by atoms with Gasteiger partial charge >= 0.3 is 0 Å². The molecular formula is C30H25FN6O. The molecule has 0 aliphatic rings. The number of hydrogen-bond acceptors (Lipinski definition) is 4. The molecule has 0 spiro atoms. The molecule has 0 atom stereocenters. The smallest absolute Gasteiger partial charge is 0.224 e. The lowest BCUT2D eigenvalue weighted by atomic mass is 10.0. The molecular weight excluding hydrogens is 479 g/mol. The van der Waals surface area contributed by atoms with E-state index in [4.69, 9.17) is 4.98 Å². The van der Waals surface area contributed by atoms with E-state index >= 15 is 0 Å². The van der Waals surface area contributed by atoms with Crippen molar-refractivity contribution in [3.63, 3.8) is 0 Å². The van der Waals surface area contributed by atoms with Crippen molar-refractivity contribution >= 4 is 33.5 Å². The van der Waals surface area contributed by atoms with Crippen molar-refractivity contribution in [2.24, 2.45) is 0 Å². The van der Waals surface area contributed by atoms with Gasteiger partial charge in [0, 0.05) is 29.1 Å². The van der Waals surface area contributed by atoms with Crippen molar-refractivity contribution < 1.29 is 9.18 Å². The van der Waals surface area contributed by atoms with Crippen LogP contribution in [-0.2, 0) is 4.79 Å². The molecule has 7 nitrogen and oxygen atoms in total. The van der Waals surface area contributed by atoms with Crippen LogP contribution in [0.1, 0.15) is 26.2 Å². The van der Waals surface area contributed by atoms with E-state index in [2.05, 4.69) is 32.4 Å². The zero-order valence-electron chi connectivity index (χ0n) is 20.8. The Morgan fingerprint density at radius 3 is 2.74 bits per heavy atom. The minimum Gasteiger partial charge on any atom is -0.353 e. The summed E-state index contributed by atoms with van der Waals surface area (Å²) in [5, 5.41) is 11.5. The van der Waals surface area contributed by atoms with Gasteiger partial charge in [-0.25, -0.2) is 9.37 Å². The summed E-state index contributed by atoms with van der Waals surface area (Å²) in [4.78, 5) is 24.8. The Hall–Kier alpha value is -4.85. The van der Waals surface area contributed by atoms with Crippen LogP contribution in [0.15, 0.2) is 79.1 Å². The van der Waals surface area contributed by atoms with Gasteiger partial charge < -0.3 is 10.3 Å². The van der Waals surface area contributed by atoms with Gasteiger partial charge in [-0.05, 0) is 60.0 Å². The highest BCUT2D eigenvalue weighted by Crippen LogP contribution is 2.34. The number of benzene rings is 2. The van der Waals surface area contributed by atoms with Crippen LogP contribution in [0.25, 0.3) is 55.7 Å². The zero-order chi connectivity index (χ0) is 26.1. The fourth-order valence-electron chi connectivity index (χ4n) is 4.65. The highest BCUT2D eigenvalue weighted by atomic mass is 19.1. The van der Waals surface area contributed by atoms with Gasteiger partial charge in [0.15, 0.2) is 0 Å². The Bertz CT molecular complexity index is 1790. The lowest BCUT2D eigenvalue weighted by Crippen LogP contribution is -2.11. The number of carbonyl (C=O) groups excluding carboxylic acids is 1. The number of rotatable bonds is 7. The Balaban J connectivity index is 1.37. The normalized spacial score (nSPS) is 11.3. The maximum absolute atomic E-state index is 13.9. The second-order valence-electron chi connectivity index (χ2n) is 9.24. The number of unbranched alkanes of at least 4 members (excludes halogenated alkanes) is 1. The third-order valence-electron chi connectivity index (χ3n) is 6.54. The van der Waals surface area contributed by atoms with Crippen molar-refractivity contribution in [3.05, 3.63) is 84.9 Å². The first-order valence-corrected chi connectivity index (χ1v) is 12.6. The molecule has 1 amide bonds. The Labute approximate surface area is 218 Å². The summed E-state index contributed by atoms with van der Waals surface area (Å²) in [5.41, 5.74) is 7.79. The van der Waals surface area contributed by atoms with E-state index in [0.29, 0.717) is 29.0 Å². The summed E-state index contributed by atoms with van der Waals surface area (Å²) in [5.74, 6) is -0.299. The van der Waals surface area contributed by atoms with E-state index in [1.165, 1.54) is 12.1 Å². The number of fused-ring (bicyclic) bond motifs is 2. The summed E-state index contributed by atoms with van der Waals surface area (Å²) in [6.07, 6.45) is 5.65. The van der Waals surface area contributed by atoms with Gasteiger partial charge in [-0.2, -0.15) is 5.10 Å². The molecule has 4 heterocycles. The average Bonchev–Trinajstić information content (AvgIpc) is 3.55. The fraction of sp³-hybridized carbons (Fsp3) is 0.133. The molecule has 6 aromatic rings. The monoisotopic (exact) mass is 504 g/mol. The second-order valence-corrected chi connectivity index (χ2v) is 9.24. The largest absolute Gasteiger partial charge is 0.353 e. The molecule has 2 aromatic carbocycles. The van der Waals surface area contributed by atoms with Gasteiger partial charge in [-0.1, -0.05) is 37.6 Å². The minimum absolute atomic E-state index is 0.0252. The molecule has 0 aliphatic carbocycles. The summed E-state index contributed by atoms with van der Waals surface area (Å²) in [6.45, 7) is 2.06. The SMILES string of the molecule is CCCCC(=O)Nc1cncc(-c2ccc3[nH]nc(-c4cc5c(-c6cccc(F)c6)cccc5[nH]4)c3n2)c1. The molecule has 0 fully saturated rings. The Morgan fingerprint density at radius 2 is 1.87 bits per heavy atom. The summed E-state index contributed by atoms with van der Waals surface area (Å²) < 4.78 is 13.9. The van der Waals surface area contributed by atoms with Crippen LogP contribution >= 0.6 is 0 Å². The number of nitrogens with zero attached hydrogens (tertiary/aromatic N) is 3. The number of hydrogen-bond donors (Lipinski definition) is 3. The number of carbonyl (C=O) groups is 1. The maximum Gasteiger partial charge on any atom is 0.224 e. The average molecular weight is 505 g/mol. The first-order valence-electron chi connectivity index (χ1n) is 12.6. The van der Waals surface area contributed by atoms with Crippen molar-refractivity contribution in [2.45, 2.75) is 26.2 Å². The van der Waals surface area contributed by atoms with Gasteiger partial charge in [0.1, 0.15) is 17.0 Å². The molecule has 0 aliphatic heterocycles. The molecule has 4 aromatic heterocycles. The first-order chi connectivity index (χ1) is 18.6. The van der Waals surface area contributed by atoms with E-state index in [-0.39, 0.29) is 11.7 Å². The molecule has 0 saturated heterocycles. The van der Waals surface area contributed by atoms with E-state index in [1.807, 2.05) is 48.5 Å². The minimum atomic E-state index is -0.274. The first kappa shape index (κ1) is 23.5. The van der Waals surface area contributed by atoms with Crippen LogP contribution in [0.5, 0.6) is 0 Å². The van der Waals surface area contributed by atoms with Crippen LogP contribution in [0.4, 0.5) is 10.1 Å². The molecule has 6 rings (SSSR count). The number of aromatic amines is 2. The lowest BCUT2D eigenvalue weighted by Gasteiger charge is -2.07. The van der Waals surface area contributed by atoms with Crippen molar-refractivity contribution in [1.82, 2.24) is 25.1 Å². The predicted molar refractivity (Wildman–Crippen MR) is 148 cm³/mol. The molecule has 188 valence electrons. The highest BCUT2D eigenvalue weighted by Gasteiger charge is 2.16. The van der Waals surface area contributed by atoms with Gasteiger partial charge in [0.25, 0.3) is 0 Å². The van der Waals surface area contributed by atoms with Crippen LogP contribution in [0, 0.1) is 5.82 Å². The fourth-order valence-corrected chi connectivity index (χ4v) is 4.65. The van der Waals surface area contributed by atoms with E-state index in [0.717, 1.165) is 51.6 Å². The molecule has 0 radical (unpaired) electrons. The second kappa shape index (κ2) is 9.89. The van der Waals surface area contributed by atoms with E-state index < -0.39 is 0 Å². The van der Waals surface area contributed by atoms with E-state index in [9.17, 15) is 9.18 Å². The molecule has 0 saturated carbocycles. The highest BCUT2D eigenvalue weighted by molar-refractivity contribution is 6.00. The number of halogens is 1. The predicted octanol–water partition coefficient (Wildman–Crippen LogP) is 7.10. The molecule has 0 bridgehead atoms. The number of H-pyrrole nitrogens is 2. The maximum atomic E-state index is 13.9. The van der Waals surface area contributed by atoms with Crippen molar-refractivity contribution in [3.8, 4) is 33.8 Å². The van der Waals surface area contributed by atoms with Crippen LogP contribution < -0.4 is 5.32 Å². The third-order valence-corrected chi connectivity index (χ3v) is 6.54. The number of aromatic nitrogens is 5. The standard InChI is InChI=1S/C30H25FN6O/c1-2-3-10-28(38)33-21-14-19(16-32-17-21)24-11-12-26-29(35-24)30(37-36-26)27-15-23-22(8-5-9-25(23)34-27)18-6-4-7-20(31)13-18/h4-9,11-17,34H,2-3,10H2,1H3,(H,33,38)(H,36,37). The van der Waals surface area contributed by atoms with Crippen LogP contribution in [0.2, 0.25) is 0 Å². The zero-order valence-corrected chi connectivity index (χ0v) is 20.8. The summed E-state index contributed by atoms with van der Waals surface area (Å²) in [7, 11) is 0. The van der Waals surface area contributed by atoms with Crippen molar-refractivity contribution in [1.29, 1.82) is 0 Å². The number of pyridine rings is 2. The number of nitrogens with one attached hydrogen (secondary N) is 3. The molecule has 38 heavy (non-hydrogen) atoms. The van der Waals surface area contributed by atoms with Gasteiger partial charge in [0.2, 0.25) is 5.91 Å². The molecule has 0 unspecified atom stereocenters. The summed E-state index contributed by atoms with van der Waals surface area (Å²) in [6, 6.07) is 20.2. The Kier molecular flexibility index (Phi) is 6.13. The van der Waals surface area contributed by atoms with Crippen LogP contribution in [-0.4, -0.2) is 31.1 Å². The lowest BCUT2D eigenvalue weighted by molar-refractivity contribution is -0.116.